The Morgan fingerprint density at radius 1 is 1.39 bits per heavy atom. The van der Waals surface area contributed by atoms with Gasteiger partial charge in [-0.1, -0.05) is 30.3 Å². The van der Waals surface area contributed by atoms with Crippen LogP contribution in [-0.4, -0.2) is 36.4 Å². The highest BCUT2D eigenvalue weighted by Gasteiger charge is 2.20. The van der Waals surface area contributed by atoms with Crippen molar-refractivity contribution in [1.82, 2.24) is 4.90 Å². The van der Waals surface area contributed by atoms with E-state index in [-0.39, 0.29) is 12.4 Å². The summed E-state index contributed by atoms with van der Waals surface area (Å²) in [5.41, 5.74) is 1.23. The van der Waals surface area contributed by atoms with Crippen LogP contribution in [0.25, 0.3) is 0 Å². The predicted octanol–water partition coefficient (Wildman–Crippen LogP) is 1.85. The Morgan fingerprint density at radius 3 is 2.89 bits per heavy atom. The van der Waals surface area contributed by atoms with Crippen LogP contribution in [0.4, 0.5) is 0 Å². The van der Waals surface area contributed by atoms with Crippen molar-refractivity contribution in [3.8, 4) is 0 Å². The molecule has 96 valence electrons. The fourth-order valence-electron chi connectivity index (χ4n) is 2.01. The zero-order valence-corrected chi connectivity index (χ0v) is 10.6. The van der Waals surface area contributed by atoms with E-state index in [4.69, 9.17) is 4.74 Å². The Hall–Kier alpha value is -1.84. The standard InChI is InChI=1S/C14H18N2O2/c1-2-18-14(17)10-13-15-8-9-16(13)11-12-6-4-3-5-7-12/h3-7H,2,8-11H2,1H3. The first-order valence-electron chi connectivity index (χ1n) is 6.27. The molecule has 2 rings (SSSR count). The van der Waals surface area contributed by atoms with Gasteiger partial charge in [0.1, 0.15) is 12.3 Å². The molecule has 18 heavy (non-hydrogen) atoms. The van der Waals surface area contributed by atoms with E-state index in [1.165, 1.54) is 5.56 Å². The van der Waals surface area contributed by atoms with E-state index in [9.17, 15) is 4.79 Å². The minimum Gasteiger partial charge on any atom is -0.466 e. The zero-order chi connectivity index (χ0) is 12.8. The number of carbonyl (C=O) groups is 1. The lowest BCUT2D eigenvalue weighted by molar-refractivity contribution is -0.141. The van der Waals surface area contributed by atoms with Gasteiger partial charge in [-0.25, -0.2) is 0 Å². The highest BCUT2D eigenvalue weighted by Crippen LogP contribution is 2.11. The first-order chi connectivity index (χ1) is 8.79. The summed E-state index contributed by atoms with van der Waals surface area (Å²) in [6, 6.07) is 10.2. The first kappa shape index (κ1) is 12.6. The Kier molecular flexibility index (Phi) is 4.34. The SMILES string of the molecule is CCOC(=O)CC1=NCCN1Cc1ccccc1. The highest BCUT2D eigenvalue weighted by atomic mass is 16.5. The van der Waals surface area contributed by atoms with Gasteiger partial charge in [-0.15, -0.1) is 0 Å². The molecule has 0 saturated carbocycles. The van der Waals surface area contributed by atoms with Gasteiger partial charge in [0.15, 0.2) is 0 Å². The third kappa shape index (κ3) is 3.32. The van der Waals surface area contributed by atoms with Gasteiger partial charge >= 0.3 is 5.97 Å². The lowest BCUT2D eigenvalue weighted by Crippen LogP contribution is -2.29. The number of aliphatic imine (C=N–C) groups is 1. The van der Waals surface area contributed by atoms with Gasteiger partial charge in [0.25, 0.3) is 0 Å². The number of carbonyl (C=O) groups excluding carboxylic acids is 1. The molecule has 1 aromatic carbocycles. The number of esters is 1. The van der Waals surface area contributed by atoms with Crippen LogP contribution in [0.2, 0.25) is 0 Å². The van der Waals surface area contributed by atoms with E-state index < -0.39 is 0 Å². The second kappa shape index (κ2) is 6.19. The molecular formula is C14H18N2O2. The molecule has 1 aliphatic heterocycles. The molecule has 0 radical (unpaired) electrons. The molecule has 0 unspecified atom stereocenters. The first-order valence-corrected chi connectivity index (χ1v) is 6.27. The van der Waals surface area contributed by atoms with Crippen LogP contribution < -0.4 is 0 Å². The molecule has 0 N–H and O–H groups in total. The molecule has 1 aromatic rings. The van der Waals surface area contributed by atoms with Gasteiger partial charge in [0.05, 0.1) is 13.2 Å². The fraction of sp³-hybridized carbons (Fsp3) is 0.429. The molecule has 0 bridgehead atoms. The largest absolute Gasteiger partial charge is 0.466 e. The van der Waals surface area contributed by atoms with E-state index >= 15 is 0 Å². The molecule has 4 heteroatoms. The van der Waals surface area contributed by atoms with Crippen molar-refractivity contribution < 1.29 is 9.53 Å². The van der Waals surface area contributed by atoms with Crippen LogP contribution >= 0.6 is 0 Å². The van der Waals surface area contributed by atoms with Crippen molar-refractivity contribution in [1.29, 1.82) is 0 Å². The second-order valence-corrected chi connectivity index (χ2v) is 4.19. The maximum Gasteiger partial charge on any atom is 0.313 e. The van der Waals surface area contributed by atoms with E-state index in [2.05, 4.69) is 22.0 Å². The van der Waals surface area contributed by atoms with Crippen LogP contribution in [0.1, 0.15) is 18.9 Å². The molecule has 0 saturated heterocycles. The molecule has 0 fully saturated rings. The molecule has 1 aliphatic rings. The van der Waals surface area contributed by atoms with E-state index in [1.54, 1.807) is 0 Å². The third-order valence-corrected chi connectivity index (χ3v) is 2.85. The normalized spacial score (nSPS) is 14.5. The van der Waals surface area contributed by atoms with Gasteiger partial charge in [-0.3, -0.25) is 9.79 Å². The smallest absolute Gasteiger partial charge is 0.313 e. The Bertz CT molecular complexity index is 429. The van der Waals surface area contributed by atoms with E-state index in [0.717, 1.165) is 25.5 Å². The molecule has 0 atom stereocenters. The average Bonchev–Trinajstić information content (AvgIpc) is 2.78. The number of benzene rings is 1. The highest BCUT2D eigenvalue weighted by molar-refractivity contribution is 5.98. The van der Waals surface area contributed by atoms with Crippen LogP contribution in [0.3, 0.4) is 0 Å². The Balaban J connectivity index is 1.93. The maximum absolute atomic E-state index is 11.5. The number of amidine groups is 1. The molecule has 0 aliphatic carbocycles. The predicted molar refractivity (Wildman–Crippen MR) is 70.4 cm³/mol. The minimum atomic E-state index is -0.198. The van der Waals surface area contributed by atoms with Crippen LogP contribution in [0.15, 0.2) is 35.3 Å². The second-order valence-electron chi connectivity index (χ2n) is 4.19. The van der Waals surface area contributed by atoms with Gasteiger partial charge in [-0.05, 0) is 12.5 Å². The molecule has 4 nitrogen and oxygen atoms in total. The number of hydrogen-bond donors (Lipinski definition) is 0. The topological polar surface area (TPSA) is 41.9 Å². The summed E-state index contributed by atoms with van der Waals surface area (Å²) in [4.78, 5) is 18.0. The summed E-state index contributed by atoms with van der Waals surface area (Å²) in [7, 11) is 0. The zero-order valence-electron chi connectivity index (χ0n) is 10.6. The lowest BCUT2D eigenvalue weighted by Gasteiger charge is -2.19. The Morgan fingerprint density at radius 2 is 2.17 bits per heavy atom. The molecule has 1 heterocycles. The quantitative estimate of drug-likeness (QED) is 0.745. The van der Waals surface area contributed by atoms with Crippen molar-refractivity contribution in [3.63, 3.8) is 0 Å². The summed E-state index contributed by atoms with van der Waals surface area (Å²) < 4.78 is 4.96. The van der Waals surface area contributed by atoms with Gasteiger partial charge in [0.2, 0.25) is 0 Å². The van der Waals surface area contributed by atoms with Crippen molar-refractivity contribution in [2.75, 3.05) is 19.7 Å². The van der Waals surface area contributed by atoms with Crippen LogP contribution in [0, 0.1) is 0 Å². The number of rotatable bonds is 5. The fourth-order valence-corrected chi connectivity index (χ4v) is 2.01. The molecule has 0 aromatic heterocycles. The summed E-state index contributed by atoms with van der Waals surface area (Å²) in [6.45, 7) is 4.69. The average molecular weight is 246 g/mol. The number of hydrogen-bond acceptors (Lipinski definition) is 4. The monoisotopic (exact) mass is 246 g/mol. The van der Waals surface area contributed by atoms with Crippen LogP contribution in [-0.2, 0) is 16.1 Å². The summed E-state index contributed by atoms with van der Waals surface area (Å²) in [5.74, 6) is 0.647. The lowest BCUT2D eigenvalue weighted by atomic mass is 10.2. The van der Waals surface area contributed by atoms with Crippen molar-refractivity contribution in [2.45, 2.75) is 19.9 Å². The van der Waals surface area contributed by atoms with E-state index in [0.29, 0.717) is 6.61 Å². The molecule has 0 spiro atoms. The van der Waals surface area contributed by atoms with Crippen molar-refractivity contribution in [3.05, 3.63) is 35.9 Å². The molecular weight excluding hydrogens is 228 g/mol. The number of ether oxygens (including phenoxy) is 1. The molecule has 0 amide bonds. The van der Waals surface area contributed by atoms with Crippen LogP contribution in [0.5, 0.6) is 0 Å². The van der Waals surface area contributed by atoms with Gasteiger partial charge < -0.3 is 9.64 Å². The summed E-state index contributed by atoms with van der Waals surface area (Å²) in [6.07, 6.45) is 0.278. The van der Waals surface area contributed by atoms with Gasteiger partial charge in [0, 0.05) is 13.1 Å². The third-order valence-electron chi connectivity index (χ3n) is 2.85. The Labute approximate surface area is 107 Å². The van der Waals surface area contributed by atoms with Gasteiger partial charge in [-0.2, -0.15) is 0 Å². The number of nitrogens with zero attached hydrogens (tertiary/aromatic N) is 2. The minimum absolute atomic E-state index is 0.198. The van der Waals surface area contributed by atoms with Crippen molar-refractivity contribution in [2.24, 2.45) is 4.99 Å². The summed E-state index contributed by atoms with van der Waals surface area (Å²) in [5, 5.41) is 0. The van der Waals surface area contributed by atoms with E-state index in [1.807, 2.05) is 25.1 Å². The summed E-state index contributed by atoms with van der Waals surface area (Å²) >= 11 is 0. The van der Waals surface area contributed by atoms with Crippen molar-refractivity contribution >= 4 is 11.8 Å². The maximum atomic E-state index is 11.5.